The van der Waals surface area contributed by atoms with Crippen molar-refractivity contribution in [1.82, 2.24) is 9.97 Å². The highest BCUT2D eigenvalue weighted by Crippen LogP contribution is 2.32. The fourth-order valence-electron chi connectivity index (χ4n) is 3.70. The van der Waals surface area contributed by atoms with E-state index in [1.165, 1.54) is 12.4 Å². The highest BCUT2D eigenvalue weighted by atomic mass is 35.5. The van der Waals surface area contributed by atoms with Crippen LogP contribution in [0.5, 0.6) is 11.5 Å². The molecule has 0 amide bonds. The number of Topliss-reactive ketones (excluding diaryl/α,β-unsaturated/α-hetero) is 2. The van der Waals surface area contributed by atoms with Gasteiger partial charge in [0.25, 0.3) is 0 Å². The summed E-state index contributed by atoms with van der Waals surface area (Å²) >= 11 is 6.29. The zero-order valence-corrected chi connectivity index (χ0v) is 21.9. The molecule has 4 aromatic rings. The van der Waals surface area contributed by atoms with Gasteiger partial charge in [0.2, 0.25) is 0 Å². The summed E-state index contributed by atoms with van der Waals surface area (Å²) in [4.78, 5) is 43.4. The SMILES string of the molecule is COc1cccc2c(=O)c(C(=O)C(C)C)c[nH]c12.COc1cccc2c(Cl)c(C(=O)C(C)C)cnc12. The number of pyridine rings is 2. The van der Waals surface area contributed by atoms with Crippen LogP contribution in [0.2, 0.25) is 5.02 Å². The maximum atomic E-state index is 12.2. The lowest BCUT2D eigenvalue weighted by molar-refractivity contribution is 0.0931. The Kier molecular flexibility index (Phi) is 8.48. The van der Waals surface area contributed by atoms with E-state index in [1.54, 1.807) is 46.3 Å². The second kappa shape index (κ2) is 11.4. The molecular weight excluding hydrogens is 480 g/mol. The first kappa shape index (κ1) is 26.9. The van der Waals surface area contributed by atoms with E-state index in [-0.39, 0.29) is 34.4 Å². The molecule has 0 unspecified atom stereocenters. The van der Waals surface area contributed by atoms with Crippen LogP contribution < -0.4 is 14.9 Å². The molecule has 0 atom stereocenters. The average molecular weight is 509 g/mol. The van der Waals surface area contributed by atoms with Crippen molar-refractivity contribution in [3.63, 3.8) is 0 Å². The number of fused-ring (bicyclic) bond motifs is 2. The van der Waals surface area contributed by atoms with Crippen molar-refractivity contribution < 1.29 is 19.1 Å². The molecule has 0 aliphatic carbocycles. The van der Waals surface area contributed by atoms with Crippen molar-refractivity contribution in [2.45, 2.75) is 27.7 Å². The lowest BCUT2D eigenvalue weighted by Crippen LogP contribution is -2.19. The molecule has 36 heavy (non-hydrogen) atoms. The number of nitrogens with zero attached hydrogens (tertiary/aromatic N) is 1. The summed E-state index contributed by atoms with van der Waals surface area (Å²) in [5.74, 6) is 0.783. The first-order valence-corrected chi connectivity index (χ1v) is 11.9. The number of benzene rings is 2. The molecule has 1 N–H and O–H groups in total. The van der Waals surface area contributed by atoms with Crippen LogP contribution in [0.15, 0.2) is 53.6 Å². The van der Waals surface area contributed by atoms with Gasteiger partial charge in [-0.15, -0.1) is 0 Å². The summed E-state index contributed by atoms with van der Waals surface area (Å²) < 4.78 is 10.4. The number of methoxy groups -OCH3 is 2. The minimum Gasteiger partial charge on any atom is -0.495 e. The molecule has 2 aromatic carbocycles. The number of hydrogen-bond donors (Lipinski definition) is 1. The van der Waals surface area contributed by atoms with E-state index in [2.05, 4.69) is 9.97 Å². The topological polar surface area (TPSA) is 98.4 Å². The number of hydrogen-bond acceptors (Lipinski definition) is 6. The fraction of sp³-hybridized carbons (Fsp3) is 0.286. The summed E-state index contributed by atoms with van der Waals surface area (Å²) in [6, 6.07) is 10.7. The Bertz CT molecular complexity index is 1490. The van der Waals surface area contributed by atoms with Gasteiger partial charge in [-0.05, 0) is 18.2 Å². The van der Waals surface area contributed by atoms with Gasteiger partial charge in [0.15, 0.2) is 17.0 Å². The van der Waals surface area contributed by atoms with E-state index < -0.39 is 0 Å². The lowest BCUT2D eigenvalue weighted by atomic mass is 10.0. The van der Waals surface area contributed by atoms with Crippen LogP contribution in [-0.4, -0.2) is 35.8 Å². The van der Waals surface area contributed by atoms with E-state index in [0.717, 1.165) is 5.39 Å². The Morgan fingerprint density at radius 1 is 0.861 bits per heavy atom. The van der Waals surface area contributed by atoms with E-state index in [4.69, 9.17) is 21.1 Å². The number of aromatic nitrogens is 2. The molecule has 7 nitrogen and oxygen atoms in total. The third kappa shape index (κ3) is 5.26. The number of nitrogens with one attached hydrogen (secondary N) is 1. The molecule has 0 bridgehead atoms. The monoisotopic (exact) mass is 508 g/mol. The van der Waals surface area contributed by atoms with Gasteiger partial charge in [-0.25, -0.2) is 0 Å². The van der Waals surface area contributed by atoms with Crippen molar-refractivity contribution in [3.8, 4) is 11.5 Å². The molecule has 0 spiro atoms. The molecule has 0 saturated heterocycles. The number of aromatic amines is 1. The number of halogens is 1. The summed E-state index contributed by atoms with van der Waals surface area (Å²) in [6.07, 6.45) is 2.99. The van der Waals surface area contributed by atoms with Gasteiger partial charge in [0.05, 0.1) is 41.3 Å². The maximum Gasteiger partial charge on any atom is 0.200 e. The van der Waals surface area contributed by atoms with Crippen molar-refractivity contribution in [2.75, 3.05) is 14.2 Å². The summed E-state index contributed by atoms with van der Waals surface area (Å²) in [7, 11) is 3.12. The van der Waals surface area contributed by atoms with Crippen molar-refractivity contribution in [3.05, 3.63) is 75.2 Å². The van der Waals surface area contributed by atoms with E-state index in [1.807, 2.05) is 32.0 Å². The number of carbonyl (C=O) groups is 2. The van der Waals surface area contributed by atoms with E-state index in [9.17, 15) is 14.4 Å². The molecule has 2 heterocycles. The Balaban J connectivity index is 0.000000201. The Morgan fingerprint density at radius 3 is 2.00 bits per heavy atom. The quantitative estimate of drug-likeness (QED) is 0.315. The molecule has 4 rings (SSSR count). The molecule has 8 heteroatoms. The predicted molar refractivity (Wildman–Crippen MR) is 143 cm³/mol. The van der Waals surface area contributed by atoms with Crippen LogP contribution >= 0.6 is 11.6 Å². The molecule has 0 radical (unpaired) electrons. The smallest absolute Gasteiger partial charge is 0.200 e. The largest absolute Gasteiger partial charge is 0.495 e. The number of ether oxygens (including phenoxy) is 2. The fourth-order valence-corrected chi connectivity index (χ4v) is 3.99. The minimum atomic E-state index is -0.249. The van der Waals surface area contributed by atoms with Gasteiger partial charge in [-0.3, -0.25) is 19.4 Å². The number of ketones is 2. The Labute approximate surface area is 214 Å². The third-order valence-electron chi connectivity index (χ3n) is 5.69. The summed E-state index contributed by atoms with van der Waals surface area (Å²) in [6.45, 7) is 7.23. The zero-order chi connectivity index (χ0) is 26.6. The summed E-state index contributed by atoms with van der Waals surface area (Å²) in [5.41, 5.74) is 1.70. The zero-order valence-electron chi connectivity index (χ0n) is 21.1. The van der Waals surface area contributed by atoms with Crippen molar-refractivity contribution in [2.24, 2.45) is 11.8 Å². The van der Waals surface area contributed by atoms with Crippen molar-refractivity contribution >= 4 is 45.0 Å². The van der Waals surface area contributed by atoms with Crippen LogP contribution in [0.4, 0.5) is 0 Å². The van der Waals surface area contributed by atoms with E-state index in [0.29, 0.717) is 38.5 Å². The second-order valence-corrected chi connectivity index (χ2v) is 9.17. The Morgan fingerprint density at radius 2 is 1.42 bits per heavy atom. The number of rotatable bonds is 6. The maximum absolute atomic E-state index is 12.2. The average Bonchev–Trinajstić information content (AvgIpc) is 2.88. The lowest BCUT2D eigenvalue weighted by Gasteiger charge is -2.10. The first-order chi connectivity index (χ1) is 17.1. The van der Waals surface area contributed by atoms with Gasteiger partial charge in [0.1, 0.15) is 17.0 Å². The van der Waals surface area contributed by atoms with Crippen LogP contribution in [0.25, 0.3) is 21.8 Å². The van der Waals surface area contributed by atoms with E-state index >= 15 is 0 Å². The van der Waals surface area contributed by atoms with Gasteiger partial charge in [-0.1, -0.05) is 57.5 Å². The normalized spacial score (nSPS) is 10.9. The van der Waals surface area contributed by atoms with Gasteiger partial charge < -0.3 is 14.5 Å². The highest BCUT2D eigenvalue weighted by molar-refractivity contribution is 6.38. The third-order valence-corrected chi connectivity index (χ3v) is 6.10. The number of para-hydroxylation sites is 2. The predicted octanol–water partition coefficient (Wildman–Crippen LogP) is 6.11. The minimum absolute atomic E-state index is 0.00257. The van der Waals surface area contributed by atoms with Crippen LogP contribution in [0.3, 0.4) is 0 Å². The molecule has 0 aliphatic heterocycles. The molecule has 188 valence electrons. The second-order valence-electron chi connectivity index (χ2n) is 8.79. The summed E-state index contributed by atoms with van der Waals surface area (Å²) in [5, 5.41) is 1.65. The standard InChI is InChI=1S/C14H14ClNO2.C14H15NO3/c1-8(2)14(17)10-7-16-13-9(12(10)15)5-4-6-11(13)18-3;1-8(2)13(16)10-7-15-12-9(14(10)17)5-4-6-11(12)18-3/h4-8H,1-3H3;4-8H,1-3H3,(H,15,17). The van der Waals surface area contributed by atoms with Crippen molar-refractivity contribution in [1.29, 1.82) is 0 Å². The van der Waals surface area contributed by atoms with Crippen LogP contribution in [-0.2, 0) is 0 Å². The first-order valence-electron chi connectivity index (χ1n) is 11.5. The Hall–Kier alpha value is -3.71. The van der Waals surface area contributed by atoms with Gasteiger partial charge in [-0.2, -0.15) is 0 Å². The van der Waals surface area contributed by atoms with Gasteiger partial charge >= 0.3 is 0 Å². The molecule has 0 saturated carbocycles. The van der Waals surface area contributed by atoms with Gasteiger partial charge in [0, 0.05) is 29.6 Å². The molecular formula is C28H29ClN2O5. The molecule has 2 aromatic heterocycles. The number of H-pyrrole nitrogens is 1. The van der Waals surface area contributed by atoms with Crippen LogP contribution in [0, 0.1) is 11.8 Å². The highest BCUT2D eigenvalue weighted by Gasteiger charge is 2.18. The molecule has 0 fully saturated rings. The molecule has 0 aliphatic rings. The van der Waals surface area contributed by atoms with Crippen LogP contribution in [0.1, 0.15) is 48.4 Å². The number of carbonyl (C=O) groups excluding carboxylic acids is 2.